The second-order valence-corrected chi connectivity index (χ2v) is 17.3. The number of rotatable bonds is 12. The number of nitrogens with zero attached hydrogens (tertiary/aromatic N) is 1. The Bertz CT molecular complexity index is 2150. The molecule has 0 amide bonds. The van der Waals surface area contributed by atoms with E-state index in [1.54, 1.807) is 18.2 Å². The first-order valence-corrected chi connectivity index (χ1v) is 20.4. The topological polar surface area (TPSA) is 50.2 Å². The molecular formula is C51H61F3IrNO2-. The van der Waals surface area contributed by atoms with Crippen molar-refractivity contribution in [1.29, 1.82) is 0 Å². The van der Waals surface area contributed by atoms with E-state index < -0.39 is 11.7 Å². The summed E-state index contributed by atoms with van der Waals surface area (Å²) < 4.78 is 42.4. The molecule has 7 heteroatoms. The van der Waals surface area contributed by atoms with Gasteiger partial charge in [0.15, 0.2) is 5.78 Å². The van der Waals surface area contributed by atoms with E-state index in [-0.39, 0.29) is 53.5 Å². The van der Waals surface area contributed by atoms with Gasteiger partial charge in [0.25, 0.3) is 0 Å². The second-order valence-electron chi connectivity index (χ2n) is 17.3. The maximum atomic E-state index is 14.1. The Morgan fingerprint density at radius 3 is 1.76 bits per heavy atom. The predicted molar refractivity (Wildman–Crippen MR) is 232 cm³/mol. The van der Waals surface area contributed by atoms with Gasteiger partial charge < -0.3 is 5.11 Å². The molecule has 1 aromatic heterocycles. The van der Waals surface area contributed by atoms with Gasteiger partial charge in [0.2, 0.25) is 0 Å². The molecule has 1 radical (unpaired) electrons. The summed E-state index contributed by atoms with van der Waals surface area (Å²) in [4.78, 5) is 16.5. The zero-order valence-electron chi connectivity index (χ0n) is 36.1. The first-order chi connectivity index (χ1) is 26.7. The maximum Gasteiger partial charge on any atom is 0.418 e. The van der Waals surface area contributed by atoms with Gasteiger partial charge >= 0.3 is 6.18 Å². The normalized spacial score (nSPS) is 12.6. The van der Waals surface area contributed by atoms with Crippen molar-refractivity contribution in [3.8, 4) is 33.5 Å². The number of carbonyl (C=O) groups excluding carboxylic acids is 1. The summed E-state index contributed by atoms with van der Waals surface area (Å²) in [5.41, 5.74) is 4.59. The number of pyridine rings is 1. The molecule has 0 bridgehead atoms. The molecule has 0 atom stereocenters. The molecule has 4 aromatic carbocycles. The number of aliphatic hydroxyl groups is 1. The molecule has 5 rings (SSSR count). The molecular weight excluding hydrogens is 908 g/mol. The number of hydrogen-bond donors (Lipinski definition) is 1. The fourth-order valence-corrected chi connectivity index (χ4v) is 6.89. The van der Waals surface area contributed by atoms with Gasteiger partial charge in [0.1, 0.15) is 5.76 Å². The molecule has 313 valence electrons. The second kappa shape index (κ2) is 19.8. The summed E-state index contributed by atoms with van der Waals surface area (Å²) in [6.07, 6.45) is 2.18. The SMILES string of the molecule is CC(C)Cc1ccc(-c2ccc(-c3cc(-c4[c-]c5ccccc5c(C(C)(C)C)c4)ncc3C(F)(F)F)cc2)cc1.CCC(C)(CC)C(=O)/C=C(\O)C(C)(CC)CC.[Ir]. The van der Waals surface area contributed by atoms with E-state index in [0.29, 0.717) is 22.7 Å². The number of halogens is 3. The number of alkyl halides is 3. The monoisotopic (exact) mass is 969 g/mol. The largest absolute Gasteiger partial charge is 0.512 e. The van der Waals surface area contributed by atoms with Crippen molar-refractivity contribution in [1.82, 2.24) is 4.98 Å². The third kappa shape index (κ3) is 11.6. The Hall–Kier alpha value is -4.06. The molecule has 0 saturated carbocycles. The van der Waals surface area contributed by atoms with Crippen LogP contribution in [0.15, 0.2) is 103 Å². The molecule has 0 spiro atoms. The number of aromatic nitrogens is 1. The van der Waals surface area contributed by atoms with E-state index in [0.717, 1.165) is 65.8 Å². The van der Waals surface area contributed by atoms with Crippen molar-refractivity contribution >= 4 is 16.6 Å². The Morgan fingerprint density at radius 2 is 1.26 bits per heavy atom. The number of hydrogen-bond acceptors (Lipinski definition) is 3. The average Bonchev–Trinajstić information content (AvgIpc) is 3.19. The number of fused-ring (bicyclic) bond motifs is 1. The van der Waals surface area contributed by atoms with Crippen LogP contribution in [0.1, 0.15) is 119 Å². The van der Waals surface area contributed by atoms with Crippen LogP contribution in [0.25, 0.3) is 44.3 Å². The van der Waals surface area contributed by atoms with Crippen molar-refractivity contribution in [3.63, 3.8) is 0 Å². The number of carbonyl (C=O) groups is 1. The van der Waals surface area contributed by atoms with Gasteiger partial charge in [0.05, 0.1) is 5.56 Å². The molecule has 1 heterocycles. The third-order valence-corrected chi connectivity index (χ3v) is 11.8. The average molecular weight is 969 g/mol. The number of aliphatic hydroxyl groups excluding tert-OH is 1. The van der Waals surface area contributed by atoms with Crippen molar-refractivity contribution in [2.45, 2.75) is 120 Å². The van der Waals surface area contributed by atoms with Crippen LogP contribution in [0.5, 0.6) is 0 Å². The van der Waals surface area contributed by atoms with Crippen molar-refractivity contribution < 1.29 is 43.2 Å². The predicted octanol–water partition coefficient (Wildman–Crippen LogP) is 15.2. The van der Waals surface area contributed by atoms with Crippen LogP contribution in [0.4, 0.5) is 13.2 Å². The Morgan fingerprint density at radius 1 is 0.741 bits per heavy atom. The number of allylic oxidation sites excluding steroid dienone is 2. The summed E-state index contributed by atoms with van der Waals surface area (Å²) in [5.74, 6) is 0.860. The van der Waals surface area contributed by atoms with E-state index in [4.69, 9.17) is 0 Å². The summed E-state index contributed by atoms with van der Waals surface area (Å²) in [6, 6.07) is 30.6. The van der Waals surface area contributed by atoms with Crippen LogP contribution in [0, 0.1) is 22.8 Å². The van der Waals surface area contributed by atoms with Crippen LogP contribution in [-0.4, -0.2) is 15.9 Å². The Kier molecular flexibility index (Phi) is 16.5. The van der Waals surface area contributed by atoms with Gasteiger partial charge in [-0.1, -0.05) is 160 Å². The summed E-state index contributed by atoms with van der Waals surface area (Å²) in [7, 11) is 0. The minimum atomic E-state index is -4.53. The van der Waals surface area contributed by atoms with E-state index in [1.807, 2.05) is 77.9 Å². The van der Waals surface area contributed by atoms with E-state index in [9.17, 15) is 23.1 Å². The smallest absolute Gasteiger partial charge is 0.418 e. The Labute approximate surface area is 359 Å². The zero-order valence-corrected chi connectivity index (χ0v) is 38.5. The summed E-state index contributed by atoms with van der Waals surface area (Å²) in [5, 5.41) is 12.1. The minimum Gasteiger partial charge on any atom is -0.512 e. The number of ketones is 1. The van der Waals surface area contributed by atoms with Crippen LogP contribution >= 0.6 is 0 Å². The quantitative estimate of drug-likeness (QED) is 0.0770. The van der Waals surface area contributed by atoms with Gasteiger partial charge in [-0.15, -0.1) is 29.1 Å². The van der Waals surface area contributed by atoms with E-state index >= 15 is 0 Å². The van der Waals surface area contributed by atoms with Crippen LogP contribution < -0.4 is 0 Å². The van der Waals surface area contributed by atoms with Crippen molar-refractivity contribution in [3.05, 3.63) is 126 Å². The van der Waals surface area contributed by atoms with Crippen LogP contribution in [-0.2, 0) is 42.9 Å². The van der Waals surface area contributed by atoms with Gasteiger partial charge in [-0.05, 0) is 71.3 Å². The molecule has 0 aliphatic heterocycles. The zero-order chi connectivity index (χ0) is 42.3. The molecule has 0 aliphatic rings. The van der Waals surface area contributed by atoms with E-state index in [2.05, 4.69) is 76.0 Å². The Balaban J connectivity index is 0.000000425. The molecule has 1 N–H and O–H groups in total. The summed E-state index contributed by atoms with van der Waals surface area (Å²) >= 11 is 0. The molecule has 3 nitrogen and oxygen atoms in total. The van der Waals surface area contributed by atoms with Gasteiger partial charge in [0, 0.05) is 48.9 Å². The fraction of sp³-hybridized carbons (Fsp3) is 0.412. The first kappa shape index (κ1) is 48.3. The minimum absolute atomic E-state index is 0. The van der Waals surface area contributed by atoms with Gasteiger partial charge in [-0.25, -0.2) is 0 Å². The third-order valence-electron chi connectivity index (χ3n) is 11.8. The molecule has 0 fully saturated rings. The van der Waals surface area contributed by atoms with E-state index in [1.165, 1.54) is 11.6 Å². The molecule has 0 unspecified atom stereocenters. The van der Waals surface area contributed by atoms with Gasteiger partial charge in [-0.3, -0.25) is 9.78 Å². The van der Waals surface area contributed by atoms with Crippen LogP contribution in [0.3, 0.4) is 0 Å². The standard InChI is InChI=1S/C36H33F3N.C15H28O2.Ir/c1-23(2)18-24-10-12-25(13-11-24)26-14-16-27(17-15-26)31-21-34(40-22-33(31)36(37,38)39)29-19-28-8-6-7-9-30(28)32(20-29)35(3,4)5;1-7-14(5,8-2)12(16)11-13(17)15(6,9-3)10-4;/h6-17,20-23H,18H2,1-5H3;11,16H,7-10H2,1-6H3;/q-1;;/b;12-11-;. The molecule has 0 saturated heterocycles. The summed E-state index contributed by atoms with van der Waals surface area (Å²) in [6.45, 7) is 22.8. The first-order valence-electron chi connectivity index (χ1n) is 20.4. The molecule has 5 aromatic rings. The fourth-order valence-electron chi connectivity index (χ4n) is 6.89. The maximum absolute atomic E-state index is 14.1. The molecule has 58 heavy (non-hydrogen) atoms. The van der Waals surface area contributed by atoms with Gasteiger partial charge in [-0.2, -0.15) is 13.2 Å². The van der Waals surface area contributed by atoms with Crippen LogP contribution in [0.2, 0.25) is 0 Å². The number of benzene rings is 4. The van der Waals surface area contributed by atoms with Crippen molar-refractivity contribution in [2.75, 3.05) is 0 Å². The van der Waals surface area contributed by atoms with Crippen molar-refractivity contribution in [2.24, 2.45) is 16.7 Å². The molecule has 0 aliphatic carbocycles.